The quantitative estimate of drug-likeness (QED) is 0.787. The van der Waals surface area contributed by atoms with Crippen LogP contribution in [0.2, 0.25) is 0 Å². The number of rotatable bonds is 4. The lowest BCUT2D eigenvalue weighted by atomic mass is 9.93. The van der Waals surface area contributed by atoms with Crippen LogP contribution in [0.25, 0.3) is 0 Å². The summed E-state index contributed by atoms with van der Waals surface area (Å²) in [5.74, 6) is -0.356. The molecular weight excluding hydrogens is 261 g/mol. The molecule has 0 spiro atoms. The lowest BCUT2D eigenvalue weighted by molar-refractivity contribution is -0.142. The lowest BCUT2D eigenvalue weighted by Gasteiger charge is -2.33. The number of fused-ring (bicyclic) bond motifs is 1. The van der Waals surface area contributed by atoms with Crippen molar-refractivity contribution in [2.45, 2.75) is 50.9 Å². The van der Waals surface area contributed by atoms with Gasteiger partial charge in [0, 0.05) is 6.54 Å². The summed E-state index contributed by atoms with van der Waals surface area (Å²) < 4.78 is 14.1. The highest BCUT2D eigenvalue weighted by molar-refractivity contribution is 5.90. The van der Waals surface area contributed by atoms with Gasteiger partial charge in [-0.2, -0.15) is 0 Å². The summed E-state index contributed by atoms with van der Waals surface area (Å²) in [5.41, 5.74) is 3.80. The molecule has 6 heteroatoms. The van der Waals surface area contributed by atoms with Crippen molar-refractivity contribution < 1.29 is 14.0 Å². The number of hydrogen-bond donors (Lipinski definition) is 2. The summed E-state index contributed by atoms with van der Waals surface area (Å²) in [6.07, 6.45) is 3.01. The Balaban J connectivity index is 2.22. The molecule has 2 amide bonds. The van der Waals surface area contributed by atoms with Crippen molar-refractivity contribution in [3.63, 3.8) is 0 Å². The third-order valence-electron chi connectivity index (χ3n) is 4.69. The van der Waals surface area contributed by atoms with Crippen molar-refractivity contribution in [3.05, 3.63) is 0 Å². The number of primary amides is 1. The standard InChI is InChI=1S/C14H24FN3O2/c1-14(2,15)11(17-3)13(20)18-7-8-5-4-6-9(8)10(18)12(16)19/h8-11,17H,4-7H2,1-3H3,(H2,16,19)/t8-,9-,10-,11+/m0/s1. The van der Waals surface area contributed by atoms with Gasteiger partial charge in [0.1, 0.15) is 17.8 Å². The predicted molar refractivity (Wildman–Crippen MR) is 73.6 cm³/mol. The van der Waals surface area contributed by atoms with E-state index in [0.29, 0.717) is 12.5 Å². The molecule has 1 saturated carbocycles. The molecule has 2 fully saturated rings. The van der Waals surface area contributed by atoms with Crippen LogP contribution in [0.3, 0.4) is 0 Å². The van der Waals surface area contributed by atoms with Gasteiger partial charge in [-0.25, -0.2) is 4.39 Å². The van der Waals surface area contributed by atoms with E-state index in [4.69, 9.17) is 5.73 Å². The van der Waals surface area contributed by atoms with Crippen LogP contribution in [-0.2, 0) is 9.59 Å². The number of likely N-dealkylation sites (N-methyl/N-ethyl adjacent to an activating group) is 1. The molecule has 1 saturated heterocycles. The summed E-state index contributed by atoms with van der Waals surface area (Å²) in [7, 11) is 1.56. The number of nitrogens with zero attached hydrogens (tertiary/aromatic N) is 1. The van der Waals surface area contributed by atoms with Gasteiger partial charge >= 0.3 is 0 Å². The number of nitrogens with one attached hydrogen (secondary N) is 1. The molecular formula is C14H24FN3O2. The van der Waals surface area contributed by atoms with Crippen molar-refractivity contribution >= 4 is 11.8 Å². The van der Waals surface area contributed by atoms with E-state index in [1.807, 2.05) is 0 Å². The minimum absolute atomic E-state index is 0.150. The van der Waals surface area contributed by atoms with E-state index in [2.05, 4.69) is 5.32 Å². The zero-order valence-electron chi connectivity index (χ0n) is 12.4. The molecule has 0 aromatic heterocycles. The average Bonchev–Trinajstić information content (AvgIpc) is 2.85. The first-order chi connectivity index (χ1) is 9.27. The van der Waals surface area contributed by atoms with Gasteiger partial charge < -0.3 is 16.0 Å². The van der Waals surface area contributed by atoms with Crippen LogP contribution in [-0.4, -0.2) is 48.1 Å². The van der Waals surface area contributed by atoms with Crippen LogP contribution >= 0.6 is 0 Å². The molecule has 5 nitrogen and oxygen atoms in total. The van der Waals surface area contributed by atoms with E-state index < -0.39 is 23.7 Å². The Morgan fingerprint density at radius 2 is 2.05 bits per heavy atom. The highest BCUT2D eigenvalue weighted by Gasteiger charge is 2.51. The molecule has 1 heterocycles. The smallest absolute Gasteiger partial charge is 0.243 e. The maximum Gasteiger partial charge on any atom is 0.243 e. The Bertz CT molecular complexity index is 408. The van der Waals surface area contributed by atoms with E-state index in [1.165, 1.54) is 18.7 Å². The number of likely N-dealkylation sites (tertiary alicyclic amines) is 1. The van der Waals surface area contributed by atoms with Gasteiger partial charge in [-0.3, -0.25) is 9.59 Å². The number of carbonyl (C=O) groups excluding carboxylic acids is 2. The fourth-order valence-electron chi connectivity index (χ4n) is 3.82. The minimum Gasteiger partial charge on any atom is -0.368 e. The summed E-state index contributed by atoms with van der Waals surface area (Å²) in [6.45, 7) is 3.25. The fraction of sp³-hybridized carbons (Fsp3) is 0.857. The Kier molecular flexibility index (Phi) is 4.04. The summed E-state index contributed by atoms with van der Waals surface area (Å²) in [6, 6.07) is -1.53. The van der Waals surface area contributed by atoms with E-state index in [0.717, 1.165) is 19.3 Å². The van der Waals surface area contributed by atoms with Gasteiger partial charge in [0.05, 0.1) is 0 Å². The van der Waals surface area contributed by atoms with Crippen LogP contribution < -0.4 is 11.1 Å². The zero-order chi connectivity index (χ0) is 15.1. The van der Waals surface area contributed by atoms with E-state index in [9.17, 15) is 14.0 Å². The molecule has 0 unspecified atom stereocenters. The molecule has 0 aromatic rings. The van der Waals surface area contributed by atoms with Crippen LogP contribution in [0.4, 0.5) is 4.39 Å². The third-order valence-corrected chi connectivity index (χ3v) is 4.69. The molecule has 3 N–H and O–H groups in total. The molecule has 2 rings (SSSR count). The number of nitrogens with two attached hydrogens (primary N) is 1. The van der Waals surface area contributed by atoms with Crippen molar-refractivity contribution in [3.8, 4) is 0 Å². The van der Waals surface area contributed by atoms with Crippen molar-refractivity contribution in [2.75, 3.05) is 13.6 Å². The number of alkyl halides is 1. The minimum atomic E-state index is -1.69. The highest BCUT2D eigenvalue weighted by atomic mass is 19.1. The molecule has 0 aromatic carbocycles. The normalized spacial score (nSPS) is 31.2. The molecule has 0 bridgehead atoms. The second kappa shape index (κ2) is 5.31. The van der Waals surface area contributed by atoms with Gasteiger partial charge in [-0.15, -0.1) is 0 Å². The highest BCUT2D eigenvalue weighted by Crippen LogP contribution is 2.42. The molecule has 20 heavy (non-hydrogen) atoms. The lowest BCUT2D eigenvalue weighted by Crippen LogP contribution is -2.57. The van der Waals surface area contributed by atoms with Crippen LogP contribution in [0, 0.1) is 11.8 Å². The Morgan fingerprint density at radius 1 is 1.40 bits per heavy atom. The zero-order valence-corrected chi connectivity index (χ0v) is 12.4. The van der Waals surface area contributed by atoms with E-state index in [1.54, 1.807) is 7.05 Å². The van der Waals surface area contributed by atoms with Gasteiger partial charge in [0.25, 0.3) is 0 Å². The summed E-state index contributed by atoms with van der Waals surface area (Å²) in [4.78, 5) is 25.8. The molecule has 0 radical (unpaired) electrons. The van der Waals surface area contributed by atoms with Crippen LogP contribution in [0.15, 0.2) is 0 Å². The van der Waals surface area contributed by atoms with Crippen LogP contribution in [0.1, 0.15) is 33.1 Å². The van der Waals surface area contributed by atoms with E-state index in [-0.39, 0.29) is 11.8 Å². The fourth-order valence-corrected chi connectivity index (χ4v) is 3.82. The first-order valence-corrected chi connectivity index (χ1v) is 7.23. The predicted octanol–water partition coefficient (Wildman–Crippen LogP) is 0.435. The first kappa shape index (κ1) is 15.2. The van der Waals surface area contributed by atoms with Gasteiger partial charge in [-0.05, 0) is 45.6 Å². The van der Waals surface area contributed by atoms with Gasteiger partial charge in [0.15, 0.2) is 0 Å². The van der Waals surface area contributed by atoms with Crippen molar-refractivity contribution in [2.24, 2.45) is 17.6 Å². The summed E-state index contributed by atoms with van der Waals surface area (Å²) in [5, 5.41) is 2.73. The Hall–Kier alpha value is -1.17. The maximum absolute atomic E-state index is 14.1. The average molecular weight is 285 g/mol. The Labute approximate surface area is 119 Å². The molecule has 1 aliphatic carbocycles. The molecule has 4 atom stereocenters. The third kappa shape index (κ3) is 2.53. The SMILES string of the molecule is CN[C@H](C(=O)N1C[C@@H]2CCC[C@@H]2[C@H]1C(N)=O)C(C)(C)F. The topological polar surface area (TPSA) is 75.4 Å². The van der Waals surface area contributed by atoms with E-state index >= 15 is 0 Å². The van der Waals surface area contributed by atoms with Crippen molar-refractivity contribution in [1.82, 2.24) is 10.2 Å². The second-order valence-electron chi connectivity index (χ2n) is 6.48. The molecule has 1 aliphatic heterocycles. The van der Waals surface area contributed by atoms with Gasteiger partial charge in [0.2, 0.25) is 11.8 Å². The maximum atomic E-state index is 14.1. The van der Waals surface area contributed by atoms with Crippen molar-refractivity contribution in [1.29, 1.82) is 0 Å². The first-order valence-electron chi connectivity index (χ1n) is 7.23. The number of hydrogen-bond acceptors (Lipinski definition) is 3. The molecule has 2 aliphatic rings. The number of amides is 2. The van der Waals surface area contributed by atoms with Crippen LogP contribution in [0.5, 0.6) is 0 Å². The summed E-state index contributed by atoms with van der Waals surface area (Å²) >= 11 is 0. The molecule has 114 valence electrons. The monoisotopic (exact) mass is 285 g/mol. The second-order valence-corrected chi connectivity index (χ2v) is 6.48. The van der Waals surface area contributed by atoms with Gasteiger partial charge in [-0.1, -0.05) is 6.42 Å². The largest absolute Gasteiger partial charge is 0.368 e. The Morgan fingerprint density at radius 3 is 2.55 bits per heavy atom. The number of carbonyl (C=O) groups is 2. The number of halogens is 1.